The highest BCUT2D eigenvalue weighted by atomic mass is 79.9. The molecule has 1 unspecified atom stereocenters. The molecule has 2 heterocycles. The second-order valence-electron chi connectivity index (χ2n) is 3.57. The van der Waals surface area contributed by atoms with Crippen LogP contribution in [0.4, 0.5) is 11.5 Å². The second kappa shape index (κ2) is 5.46. The molecular weight excluding hydrogens is 300 g/mol. The Morgan fingerprint density at radius 3 is 2.94 bits per heavy atom. The Morgan fingerprint density at radius 1 is 1.53 bits per heavy atom. The lowest BCUT2D eigenvalue weighted by Gasteiger charge is -2.16. The molecule has 17 heavy (non-hydrogen) atoms. The van der Waals surface area contributed by atoms with Crippen LogP contribution in [0.2, 0.25) is 0 Å². The van der Waals surface area contributed by atoms with Gasteiger partial charge >= 0.3 is 0 Å². The van der Waals surface area contributed by atoms with E-state index in [1.54, 1.807) is 17.5 Å². The molecule has 0 aliphatic carbocycles. The minimum absolute atomic E-state index is 0.158. The number of thiazole rings is 1. The van der Waals surface area contributed by atoms with Gasteiger partial charge in [-0.25, -0.2) is 9.97 Å². The van der Waals surface area contributed by atoms with E-state index in [9.17, 15) is 0 Å². The molecule has 0 aliphatic rings. The summed E-state index contributed by atoms with van der Waals surface area (Å²) in [5, 5.41) is 6.34. The Balaban J connectivity index is 2.19. The van der Waals surface area contributed by atoms with Crippen LogP contribution in [0.1, 0.15) is 24.4 Å². The maximum Gasteiger partial charge on any atom is 0.149 e. The van der Waals surface area contributed by atoms with E-state index in [1.807, 2.05) is 17.6 Å². The molecule has 2 aromatic heterocycles. The van der Waals surface area contributed by atoms with Crippen molar-refractivity contribution in [1.82, 2.24) is 9.97 Å². The molecule has 0 radical (unpaired) electrons. The lowest BCUT2D eigenvalue weighted by Crippen LogP contribution is -2.12. The molecule has 0 spiro atoms. The summed E-state index contributed by atoms with van der Waals surface area (Å²) in [4.78, 5) is 8.58. The van der Waals surface area contributed by atoms with Crippen molar-refractivity contribution in [2.45, 2.75) is 19.4 Å². The lowest BCUT2D eigenvalue weighted by molar-refractivity contribution is 0.738. The molecule has 90 valence electrons. The van der Waals surface area contributed by atoms with Gasteiger partial charge in [-0.2, -0.15) is 0 Å². The smallest absolute Gasteiger partial charge is 0.149 e. The highest BCUT2D eigenvalue weighted by Gasteiger charge is 2.13. The Bertz CT molecular complexity index is 486. The summed E-state index contributed by atoms with van der Waals surface area (Å²) in [7, 11) is 0. The quantitative estimate of drug-likeness (QED) is 0.907. The van der Waals surface area contributed by atoms with Gasteiger partial charge in [-0.3, -0.25) is 0 Å². The summed E-state index contributed by atoms with van der Waals surface area (Å²) in [6.45, 7) is 2.11. The van der Waals surface area contributed by atoms with Gasteiger partial charge < -0.3 is 11.1 Å². The third kappa shape index (κ3) is 2.95. The van der Waals surface area contributed by atoms with Gasteiger partial charge in [0, 0.05) is 22.2 Å². The van der Waals surface area contributed by atoms with Crippen molar-refractivity contribution in [3.63, 3.8) is 0 Å². The minimum Gasteiger partial charge on any atom is -0.396 e. The number of rotatable bonds is 4. The van der Waals surface area contributed by atoms with Gasteiger partial charge in [0.1, 0.15) is 10.8 Å². The van der Waals surface area contributed by atoms with Gasteiger partial charge in [-0.1, -0.05) is 6.92 Å². The van der Waals surface area contributed by atoms with Crippen molar-refractivity contribution >= 4 is 38.8 Å². The fourth-order valence-corrected chi connectivity index (χ4v) is 2.61. The highest BCUT2D eigenvalue weighted by molar-refractivity contribution is 9.10. The molecule has 0 fully saturated rings. The fourth-order valence-electron chi connectivity index (χ4n) is 1.49. The van der Waals surface area contributed by atoms with Crippen molar-refractivity contribution in [2.75, 3.05) is 11.1 Å². The number of pyridine rings is 1. The molecule has 0 aliphatic heterocycles. The van der Waals surface area contributed by atoms with E-state index in [2.05, 4.69) is 38.1 Å². The maximum atomic E-state index is 5.91. The van der Waals surface area contributed by atoms with Gasteiger partial charge in [0.05, 0.1) is 11.7 Å². The van der Waals surface area contributed by atoms with Gasteiger partial charge in [0.2, 0.25) is 0 Å². The zero-order valence-corrected chi connectivity index (χ0v) is 11.8. The predicted octanol–water partition coefficient (Wildman–Crippen LogP) is 3.45. The fraction of sp³-hybridized carbons (Fsp3) is 0.273. The summed E-state index contributed by atoms with van der Waals surface area (Å²) in [5.74, 6) is 0.704. The first-order chi connectivity index (χ1) is 8.20. The maximum absolute atomic E-state index is 5.91. The molecule has 0 saturated heterocycles. The van der Waals surface area contributed by atoms with Gasteiger partial charge in [-0.15, -0.1) is 11.3 Å². The van der Waals surface area contributed by atoms with E-state index >= 15 is 0 Å². The molecule has 3 N–H and O–H groups in total. The highest BCUT2D eigenvalue weighted by Crippen LogP contribution is 2.27. The van der Waals surface area contributed by atoms with E-state index in [-0.39, 0.29) is 6.04 Å². The molecule has 0 bridgehead atoms. The summed E-state index contributed by atoms with van der Waals surface area (Å²) in [6, 6.07) is 2.00. The third-order valence-electron chi connectivity index (χ3n) is 2.35. The average Bonchev–Trinajstić information content (AvgIpc) is 2.81. The molecule has 4 nitrogen and oxygen atoms in total. The number of nitrogen functional groups attached to an aromatic ring is 1. The molecule has 0 saturated carbocycles. The number of hydrogen-bond acceptors (Lipinski definition) is 5. The summed E-state index contributed by atoms with van der Waals surface area (Å²) in [6.07, 6.45) is 4.47. The minimum atomic E-state index is 0.158. The number of nitrogens with two attached hydrogens (primary N) is 1. The van der Waals surface area contributed by atoms with Crippen LogP contribution in [-0.2, 0) is 0 Å². The van der Waals surface area contributed by atoms with Crippen LogP contribution in [0.5, 0.6) is 0 Å². The van der Waals surface area contributed by atoms with Crippen LogP contribution in [0.15, 0.2) is 28.3 Å². The first-order valence-corrected chi connectivity index (χ1v) is 6.95. The van der Waals surface area contributed by atoms with E-state index in [1.165, 1.54) is 0 Å². The van der Waals surface area contributed by atoms with Gasteiger partial charge in [0.15, 0.2) is 0 Å². The van der Waals surface area contributed by atoms with Crippen LogP contribution in [0.3, 0.4) is 0 Å². The summed E-state index contributed by atoms with van der Waals surface area (Å²) >= 11 is 4.97. The Labute approximate surface area is 112 Å². The van der Waals surface area contributed by atoms with Crippen LogP contribution < -0.4 is 11.1 Å². The Kier molecular flexibility index (Phi) is 3.96. The molecular formula is C11H13BrN4S. The van der Waals surface area contributed by atoms with Gasteiger partial charge in [0.25, 0.3) is 0 Å². The number of halogens is 1. The first-order valence-electron chi connectivity index (χ1n) is 5.27. The van der Waals surface area contributed by atoms with Crippen LogP contribution in [0, 0.1) is 0 Å². The van der Waals surface area contributed by atoms with E-state index in [0.717, 1.165) is 15.9 Å². The molecule has 0 aromatic carbocycles. The first kappa shape index (κ1) is 12.3. The van der Waals surface area contributed by atoms with E-state index < -0.39 is 0 Å². The lowest BCUT2D eigenvalue weighted by atomic mass is 10.2. The molecule has 2 rings (SSSR count). The number of aromatic nitrogens is 2. The SMILES string of the molecule is CCC(Nc1ncc(Br)cc1N)c1nccs1. The van der Waals surface area contributed by atoms with Crippen LogP contribution in [0.25, 0.3) is 0 Å². The van der Waals surface area contributed by atoms with Gasteiger partial charge in [-0.05, 0) is 28.4 Å². The summed E-state index contributed by atoms with van der Waals surface area (Å²) < 4.78 is 0.878. The monoisotopic (exact) mass is 312 g/mol. The summed E-state index contributed by atoms with van der Waals surface area (Å²) in [5.41, 5.74) is 6.54. The molecule has 2 aromatic rings. The van der Waals surface area contributed by atoms with Crippen molar-refractivity contribution in [3.8, 4) is 0 Å². The van der Waals surface area contributed by atoms with Crippen molar-refractivity contribution < 1.29 is 0 Å². The third-order valence-corrected chi connectivity index (χ3v) is 3.68. The standard InChI is InChI=1S/C11H13BrN4S/c1-2-9(11-14-3-4-17-11)16-10-8(13)5-7(12)6-15-10/h3-6,9H,2,13H2,1H3,(H,15,16). The van der Waals surface area contributed by atoms with E-state index in [4.69, 9.17) is 5.73 Å². The number of nitrogens with one attached hydrogen (secondary N) is 1. The largest absolute Gasteiger partial charge is 0.396 e. The number of anilines is 2. The van der Waals surface area contributed by atoms with E-state index in [0.29, 0.717) is 11.5 Å². The predicted molar refractivity (Wildman–Crippen MR) is 75.1 cm³/mol. The van der Waals surface area contributed by atoms with Crippen molar-refractivity contribution in [3.05, 3.63) is 33.3 Å². The zero-order chi connectivity index (χ0) is 12.3. The van der Waals surface area contributed by atoms with Crippen LogP contribution >= 0.6 is 27.3 Å². The Morgan fingerprint density at radius 2 is 2.35 bits per heavy atom. The van der Waals surface area contributed by atoms with Crippen molar-refractivity contribution in [1.29, 1.82) is 0 Å². The van der Waals surface area contributed by atoms with Crippen LogP contribution in [-0.4, -0.2) is 9.97 Å². The van der Waals surface area contributed by atoms with Crippen molar-refractivity contribution in [2.24, 2.45) is 0 Å². The Hall–Kier alpha value is -1.14. The normalized spacial score (nSPS) is 12.4. The molecule has 0 amide bonds. The second-order valence-corrected chi connectivity index (χ2v) is 5.41. The zero-order valence-electron chi connectivity index (χ0n) is 9.35. The number of nitrogens with zero attached hydrogens (tertiary/aromatic N) is 2. The number of hydrogen-bond donors (Lipinski definition) is 2. The topological polar surface area (TPSA) is 63.8 Å². The molecule has 1 atom stereocenters. The molecule has 6 heteroatoms. The average molecular weight is 313 g/mol.